The molecule has 0 spiro atoms. The van der Waals surface area contributed by atoms with Crippen LogP contribution < -0.4 is 5.32 Å². The summed E-state index contributed by atoms with van der Waals surface area (Å²) in [6.45, 7) is 2.79. The van der Waals surface area contributed by atoms with Crippen LogP contribution in [0.1, 0.15) is 39.0 Å². The van der Waals surface area contributed by atoms with Gasteiger partial charge in [-0.05, 0) is 26.2 Å². The molecule has 3 N–H and O–H groups in total. The molecule has 0 aromatic rings. The van der Waals surface area contributed by atoms with Gasteiger partial charge in [-0.25, -0.2) is 9.59 Å². The standard InChI is InChI=1S/C12H22N2O4/c1-2-14(8-5-9-15)11(18)13-12(10(16)17)6-3-4-7-12/h15H,2-9H2,1H3,(H,13,18)(H,16,17). The fourth-order valence-electron chi connectivity index (χ4n) is 2.32. The summed E-state index contributed by atoms with van der Waals surface area (Å²) in [5.41, 5.74) is -1.09. The Morgan fingerprint density at radius 3 is 2.39 bits per heavy atom. The number of nitrogens with zero attached hydrogens (tertiary/aromatic N) is 1. The van der Waals surface area contributed by atoms with Gasteiger partial charge >= 0.3 is 12.0 Å². The van der Waals surface area contributed by atoms with Gasteiger partial charge in [0, 0.05) is 19.7 Å². The molecular weight excluding hydrogens is 236 g/mol. The van der Waals surface area contributed by atoms with Gasteiger partial charge in [-0.3, -0.25) is 0 Å². The summed E-state index contributed by atoms with van der Waals surface area (Å²) < 4.78 is 0. The van der Waals surface area contributed by atoms with Crippen LogP contribution in [0.5, 0.6) is 0 Å². The molecule has 18 heavy (non-hydrogen) atoms. The second-order valence-corrected chi connectivity index (χ2v) is 4.68. The number of carbonyl (C=O) groups is 2. The fourth-order valence-corrected chi connectivity index (χ4v) is 2.32. The number of urea groups is 1. The predicted molar refractivity (Wildman–Crippen MR) is 66.3 cm³/mol. The van der Waals surface area contributed by atoms with Gasteiger partial charge in [0.25, 0.3) is 0 Å². The Morgan fingerprint density at radius 2 is 1.94 bits per heavy atom. The molecule has 1 fully saturated rings. The second-order valence-electron chi connectivity index (χ2n) is 4.68. The van der Waals surface area contributed by atoms with Crippen molar-refractivity contribution >= 4 is 12.0 Å². The Labute approximate surface area is 107 Å². The van der Waals surface area contributed by atoms with Crippen molar-refractivity contribution < 1.29 is 19.8 Å². The monoisotopic (exact) mass is 258 g/mol. The van der Waals surface area contributed by atoms with Gasteiger partial charge in [-0.1, -0.05) is 12.8 Å². The van der Waals surface area contributed by atoms with E-state index in [2.05, 4.69) is 5.32 Å². The SMILES string of the molecule is CCN(CCCO)C(=O)NC1(C(=O)O)CCCC1. The van der Waals surface area contributed by atoms with Crippen LogP contribution >= 0.6 is 0 Å². The number of carbonyl (C=O) groups excluding carboxylic acids is 1. The maximum absolute atomic E-state index is 12.0. The molecule has 6 heteroatoms. The molecule has 1 aliphatic rings. The summed E-state index contributed by atoms with van der Waals surface area (Å²) in [7, 11) is 0. The van der Waals surface area contributed by atoms with Crippen molar-refractivity contribution in [3.8, 4) is 0 Å². The number of hydrogen-bond donors (Lipinski definition) is 3. The van der Waals surface area contributed by atoms with Crippen molar-refractivity contribution in [1.29, 1.82) is 0 Å². The first-order valence-electron chi connectivity index (χ1n) is 6.47. The van der Waals surface area contributed by atoms with Crippen LogP contribution in [0.25, 0.3) is 0 Å². The third-order valence-corrected chi connectivity index (χ3v) is 3.47. The summed E-state index contributed by atoms with van der Waals surface area (Å²) in [6, 6.07) is -0.352. The highest BCUT2D eigenvalue weighted by molar-refractivity contribution is 5.86. The Balaban J connectivity index is 2.62. The van der Waals surface area contributed by atoms with Crippen LogP contribution in [-0.2, 0) is 4.79 Å². The molecule has 0 unspecified atom stereocenters. The molecule has 104 valence electrons. The molecule has 2 amide bonds. The fraction of sp³-hybridized carbons (Fsp3) is 0.833. The van der Waals surface area contributed by atoms with Crippen molar-refractivity contribution in [2.24, 2.45) is 0 Å². The normalized spacial score (nSPS) is 17.4. The van der Waals surface area contributed by atoms with Gasteiger partial charge in [0.2, 0.25) is 0 Å². The Hall–Kier alpha value is -1.30. The molecule has 6 nitrogen and oxygen atoms in total. The molecule has 0 aromatic heterocycles. The van der Waals surface area contributed by atoms with Crippen molar-refractivity contribution in [3.63, 3.8) is 0 Å². The predicted octanol–water partition coefficient (Wildman–Crippen LogP) is 0.798. The number of hydrogen-bond acceptors (Lipinski definition) is 3. The van der Waals surface area contributed by atoms with E-state index in [0.717, 1.165) is 12.8 Å². The molecule has 1 aliphatic carbocycles. The maximum Gasteiger partial charge on any atom is 0.329 e. The number of nitrogens with one attached hydrogen (secondary N) is 1. The summed E-state index contributed by atoms with van der Waals surface area (Å²) in [4.78, 5) is 24.9. The van der Waals surface area contributed by atoms with Crippen LogP contribution in [0, 0.1) is 0 Å². The summed E-state index contributed by atoms with van der Waals surface area (Å²) >= 11 is 0. The third kappa shape index (κ3) is 3.35. The molecule has 1 saturated carbocycles. The van der Waals surface area contributed by atoms with Crippen molar-refractivity contribution in [3.05, 3.63) is 0 Å². The molecular formula is C12H22N2O4. The zero-order valence-corrected chi connectivity index (χ0v) is 10.8. The number of carboxylic acids is 1. The topological polar surface area (TPSA) is 89.9 Å². The maximum atomic E-state index is 12.0. The highest BCUT2D eigenvalue weighted by Gasteiger charge is 2.43. The smallest absolute Gasteiger partial charge is 0.329 e. The van der Waals surface area contributed by atoms with Gasteiger partial charge < -0.3 is 20.4 Å². The van der Waals surface area contributed by atoms with E-state index in [-0.39, 0.29) is 12.6 Å². The Kier molecular flexibility index (Phi) is 5.40. The van der Waals surface area contributed by atoms with Gasteiger partial charge in [-0.15, -0.1) is 0 Å². The number of amides is 2. The highest BCUT2D eigenvalue weighted by Crippen LogP contribution is 2.30. The van der Waals surface area contributed by atoms with Crippen LogP contribution in [-0.4, -0.2) is 52.3 Å². The van der Waals surface area contributed by atoms with Gasteiger partial charge in [-0.2, -0.15) is 0 Å². The molecule has 0 heterocycles. The van der Waals surface area contributed by atoms with Crippen molar-refractivity contribution in [2.75, 3.05) is 19.7 Å². The Morgan fingerprint density at radius 1 is 1.33 bits per heavy atom. The zero-order chi connectivity index (χ0) is 13.6. The first kappa shape index (κ1) is 14.8. The first-order chi connectivity index (χ1) is 8.55. The quantitative estimate of drug-likeness (QED) is 0.657. The van der Waals surface area contributed by atoms with Crippen molar-refractivity contribution in [1.82, 2.24) is 10.2 Å². The van der Waals surface area contributed by atoms with Gasteiger partial charge in [0.1, 0.15) is 5.54 Å². The largest absolute Gasteiger partial charge is 0.480 e. The molecule has 0 radical (unpaired) electrons. The van der Waals surface area contributed by atoms with E-state index >= 15 is 0 Å². The van der Waals surface area contributed by atoms with E-state index in [0.29, 0.717) is 32.4 Å². The average Bonchev–Trinajstić information content (AvgIpc) is 2.80. The lowest BCUT2D eigenvalue weighted by Crippen LogP contribution is -2.56. The van der Waals surface area contributed by atoms with E-state index in [4.69, 9.17) is 5.11 Å². The van der Waals surface area contributed by atoms with Crippen LogP contribution in [0.4, 0.5) is 4.79 Å². The molecule has 0 bridgehead atoms. The zero-order valence-electron chi connectivity index (χ0n) is 10.8. The number of aliphatic carboxylic acids is 1. The van der Waals surface area contributed by atoms with Crippen LogP contribution in [0.3, 0.4) is 0 Å². The second kappa shape index (κ2) is 6.58. The lowest BCUT2D eigenvalue weighted by Gasteiger charge is -2.29. The highest BCUT2D eigenvalue weighted by atomic mass is 16.4. The molecule has 0 saturated heterocycles. The van der Waals surface area contributed by atoms with Gasteiger partial charge in [0.15, 0.2) is 0 Å². The number of aliphatic hydroxyl groups excluding tert-OH is 1. The molecule has 0 atom stereocenters. The lowest BCUT2D eigenvalue weighted by molar-refractivity contribution is -0.144. The summed E-state index contributed by atoms with van der Waals surface area (Å²) in [5, 5.41) is 20.7. The molecule has 0 aromatic carbocycles. The van der Waals surface area contributed by atoms with E-state index in [1.165, 1.54) is 4.90 Å². The van der Waals surface area contributed by atoms with E-state index in [9.17, 15) is 14.7 Å². The minimum absolute atomic E-state index is 0.0217. The number of rotatable bonds is 6. The van der Waals surface area contributed by atoms with Crippen LogP contribution in [0.2, 0.25) is 0 Å². The summed E-state index contributed by atoms with van der Waals surface area (Å²) in [5.74, 6) is -0.952. The van der Waals surface area contributed by atoms with Gasteiger partial charge in [0.05, 0.1) is 0 Å². The molecule has 0 aliphatic heterocycles. The first-order valence-corrected chi connectivity index (χ1v) is 6.47. The Bertz CT molecular complexity index is 300. The lowest BCUT2D eigenvalue weighted by atomic mass is 9.98. The summed E-state index contributed by atoms with van der Waals surface area (Å²) in [6.07, 6.45) is 3.14. The van der Waals surface area contributed by atoms with Crippen LogP contribution in [0.15, 0.2) is 0 Å². The average molecular weight is 258 g/mol. The minimum atomic E-state index is -1.09. The van der Waals surface area contributed by atoms with E-state index < -0.39 is 11.5 Å². The third-order valence-electron chi connectivity index (χ3n) is 3.47. The van der Waals surface area contributed by atoms with E-state index in [1.54, 1.807) is 0 Å². The number of carboxylic acid groups (broad SMARTS) is 1. The number of aliphatic hydroxyl groups is 1. The van der Waals surface area contributed by atoms with Crippen molar-refractivity contribution in [2.45, 2.75) is 44.6 Å². The minimum Gasteiger partial charge on any atom is -0.480 e. The van der Waals surface area contributed by atoms with E-state index in [1.807, 2.05) is 6.92 Å². The molecule has 1 rings (SSSR count).